The Balaban J connectivity index is 2.80. The lowest BCUT2D eigenvalue weighted by atomic mass is 10.1. The molecule has 0 saturated carbocycles. The fourth-order valence-corrected chi connectivity index (χ4v) is 1.58. The van der Waals surface area contributed by atoms with Crippen LogP contribution in [0.2, 0.25) is 0 Å². The van der Waals surface area contributed by atoms with Crippen LogP contribution in [-0.2, 0) is 0 Å². The van der Waals surface area contributed by atoms with Gasteiger partial charge in [-0.05, 0) is 25.8 Å². The molecule has 1 aromatic rings. The van der Waals surface area contributed by atoms with Crippen molar-refractivity contribution in [2.24, 2.45) is 0 Å². The molecule has 4 nitrogen and oxygen atoms in total. The van der Waals surface area contributed by atoms with Crippen LogP contribution in [0.15, 0.2) is 12.3 Å². The molecule has 0 bridgehead atoms. The molecule has 0 radical (unpaired) electrons. The molecular weight excluding hydrogens is 204 g/mol. The minimum Gasteiger partial charge on any atom is -0.493 e. The Bertz CT molecular complexity index is 329. The van der Waals surface area contributed by atoms with Crippen LogP contribution in [0.4, 0.5) is 5.69 Å². The maximum absolute atomic E-state index is 8.94. The molecule has 0 aliphatic heterocycles. The zero-order valence-electron chi connectivity index (χ0n) is 10.2. The third-order valence-electron chi connectivity index (χ3n) is 2.55. The second-order valence-electron chi connectivity index (χ2n) is 3.79. The zero-order valence-corrected chi connectivity index (χ0v) is 10.2. The van der Waals surface area contributed by atoms with E-state index >= 15 is 0 Å². The predicted octanol–water partition coefficient (Wildman–Crippen LogP) is 1.97. The Morgan fingerprint density at radius 2 is 2.31 bits per heavy atom. The Morgan fingerprint density at radius 3 is 2.88 bits per heavy atom. The monoisotopic (exact) mass is 224 g/mol. The smallest absolute Gasteiger partial charge is 0.160 e. The normalized spacial score (nSPS) is 12.2. The number of aromatic nitrogens is 1. The minimum atomic E-state index is 0.192. The van der Waals surface area contributed by atoms with Crippen LogP contribution in [0.25, 0.3) is 0 Å². The lowest BCUT2D eigenvalue weighted by Gasteiger charge is -2.19. The quantitative estimate of drug-likeness (QED) is 0.775. The number of rotatable bonds is 6. The summed E-state index contributed by atoms with van der Waals surface area (Å²) in [4.78, 5) is 4.18. The van der Waals surface area contributed by atoms with Crippen LogP contribution < -0.4 is 10.1 Å². The van der Waals surface area contributed by atoms with Crippen molar-refractivity contribution in [2.45, 2.75) is 32.7 Å². The van der Waals surface area contributed by atoms with Gasteiger partial charge in [0.05, 0.1) is 19.0 Å². The van der Waals surface area contributed by atoms with Crippen molar-refractivity contribution in [2.75, 3.05) is 19.0 Å². The highest BCUT2D eigenvalue weighted by atomic mass is 16.5. The molecule has 1 rings (SSSR count). The average molecular weight is 224 g/mol. The fourth-order valence-electron chi connectivity index (χ4n) is 1.58. The van der Waals surface area contributed by atoms with Gasteiger partial charge in [0.25, 0.3) is 0 Å². The molecule has 0 amide bonds. The molecule has 0 aliphatic rings. The lowest BCUT2D eigenvalue weighted by Crippen LogP contribution is -2.20. The van der Waals surface area contributed by atoms with Gasteiger partial charge < -0.3 is 15.2 Å². The molecule has 1 heterocycles. The summed E-state index contributed by atoms with van der Waals surface area (Å²) in [6.45, 7) is 4.23. The second-order valence-corrected chi connectivity index (χ2v) is 3.79. The number of hydrogen-bond donors (Lipinski definition) is 2. The predicted molar refractivity (Wildman–Crippen MR) is 64.9 cm³/mol. The van der Waals surface area contributed by atoms with E-state index in [4.69, 9.17) is 9.84 Å². The molecule has 0 saturated heterocycles. The Labute approximate surface area is 96.7 Å². The van der Waals surface area contributed by atoms with Crippen molar-refractivity contribution in [3.05, 3.63) is 18.0 Å². The number of nitrogens with one attached hydrogen (secondary N) is 1. The molecule has 90 valence electrons. The second kappa shape index (κ2) is 6.33. The maximum Gasteiger partial charge on any atom is 0.160 e. The van der Waals surface area contributed by atoms with Gasteiger partial charge in [0, 0.05) is 18.3 Å². The van der Waals surface area contributed by atoms with Gasteiger partial charge in [0.1, 0.15) is 0 Å². The summed E-state index contributed by atoms with van der Waals surface area (Å²) in [5, 5.41) is 12.3. The Kier molecular flexibility index (Phi) is 5.05. The fraction of sp³-hybridized carbons (Fsp3) is 0.583. The largest absolute Gasteiger partial charge is 0.493 e. The maximum atomic E-state index is 8.94. The van der Waals surface area contributed by atoms with E-state index in [-0.39, 0.29) is 12.6 Å². The number of aryl methyl sites for hydroxylation is 1. The number of aliphatic hydroxyl groups is 1. The molecule has 2 N–H and O–H groups in total. The molecule has 0 fully saturated rings. The van der Waals surface area contributed by atoms with E-state index in [1.807, 2.05) is 13.0 Å². The molecule has 1 unspecified atom stereocenters. The van der Waals surface area contributed by atoms with Gasteiger partial charge in [0.15, 0.2) is 5.75 Å². The molecule has 0 spiro atoms. The number of aliphatic hydroxyl groups excluding tert-OH is 1. The summed E-state index contributed by atoms with van der Waals surface area (Å²) < 4.78 is 5.24. The van der Waals surface area contributed by atoms with Gasteiger partial charge in [-0.1, -0.05) is 6.92 Å². The molecule has 16 heavy (non-hydrogen) atoms. The summed E-state index contributed by atoms with van der Waals surface area (Å²) in [6.07, 6.45) is 3.41. The third-order valence-corrected chi connectivity index (χ3v) is 2.55. The first-order valence-corrected chi connectivity index (χ1v) is 5.59. The Morgan fingerprint density at radius 1 is 1.56 bits per heavy atom. The first kappa shape index (κ1) is 12.8. The van der Waals surface area contributed by atoms with Crippen molar-refractivity contribution in [3.8, 4) is 5.75 Å². The van der Waals surface area contributed by atoms with Gasteiger partial charge in [-0.2, -0.15) is 0 Å². The molecular formula is C12H20N2O2. The van der Waals surface area contributed by atoms with Crippen LogP contribution in [0.1, 0.15) is 25.5 Å². The number of hydrogen-bond acceptors (Lipinski definition) is 4. The van der Waals surface area contributed by atoms with Crippen molar-refractivity contribution >= 4 is 5.69 Å². The van der Waals surface area contributed by atoms with E-state index in [0.29, 0.717) is 0 Å². The summed E-state index contributed by atoms with van der Waals surface area (Å²) >= 11 is 0. The van der Waals surface area contributed by atoms with Gasteiger partial charge in [0.2, 0.25) is 0 Å². The highest BCUT2D eigenvalue weighted by Crippen LogP contribution is 2.25. The molecule has 0 aromatic carbocycles. The molecule has 1 aromatic heterocycles. The van der Waals surface area contributed by atoms with Crippen LogP contribution in [-0.4, -0.2) is 29.8 Å². The van der Waals surface area contributed by atoms with E-state index in [2.05, 4.69) is 17.2 Å². The van der Waals surface area contributed by atoms with Crippen molar-refractivity contribution in [3.63, 3.8) is 0 Å². The number of anilines is 1. The van der Waals surface area contributed by atoms with Gasteiger partial charge >= 0.3 is 0 Å². The van der Waals surface area contributed by atoms with Gasteiger partial charge in [-0.3, -0.25) is 4.98 Å². The number of pyridine rings is 1. The van der Waals surface area contributed by atoms with Gasteiger partial charge in [-0.15, -0.1) is 0 Å². The first-order chi connectivity index (χ1) is 7.71. The average Bonchev–Trinajstić information content (AvgIpc) is 2.29. The third kappa shape index (κ3) is 3.38. The van der Waals surface area contributed by atoms with Crippen LogP contribution in [0.3, 0.4) is 0 Å². The van der Waals surface area contributed by atoms with Crippen LogP contribution >= 0.6 is 0 Å². The molecule has 4 heteroatoms. The summed E-state index contributed by atoms with van der Waals surface area (Å²) in [5.74, 6) is 0.738. The zero-order chi connectivity index (χ0) is 12.0. The minimum absolute atomic E-state index is 0.192. The lowest BCUT2D eigenvalue weighted by molar-refractivity contribution is 0.278. The highest BCUT2D eigenvalue weighted by Gasteiger charge is 2.09. The van der Waals surface area contributed by atoms with Crippen molar-refractivity contribution in [1.82, 2.24) is 4.98 Å². The van der Waals surface area contributed by atoms with E-state index in [9.17, 15) is 0 Å². The van der Waals surface area contributed by atoms with Crippen molar-refractivity contribution in [1.29, 1.82) is 0 Å². The standard InChI is InChI=1S/C12H20N2O2/c1-4-10(5-6-15)14-11-7-9(2)13-8-12(11)16-3/h7-8,10,15H,4-6H2,1-3H3,(H,13,14). The van der Waals surface area contributed by atoms with E-state index in [0.717, 1.165) is 30.0 Å². The van der Waals surface area contributed by atoms with E-state index in [1.165, 1.54) is 0 Å². The summed E-state index contributed by atoms with van der Waals surface area (Å²) in [5.41, 5.74) is 1.89. The summed E-state index contributed by atoms with van der Waals surface area (Å²) in [7, 11) is 1.63. The number of nitrogens with zero attached hydrogens (tertiary/aromatic N) is 1. The highest BCUT2D eigenvalue weighted by molar-refractivity contribution is 5.56. The summed E-state index contributed by atoms with van der Waals surface area (Å²) in [6, 6.07) is 2.22. The first-order valence-electron chi connectivity index (χ1n) is 5.59. The molecule has 1 atom stereocenters. The SMILES string of the molecule is CCC(CCO)Nc1cc(C)ncc1OC. The Hall–Kier alpha value is -1.29. The number of methoxy groups -OCH3 is 1. The van der Waals surface area contributed by atoms with E-state index < -0.39 is 0 Å². The van der Waals surface area contributed by atoms with E-state index in [1.54, 1.807) is 13.3 Å². The topological polar surface area (TPSA) is 54.4 Å². The van der Waals surface area contributed by atoms with Crippen molar-refractivity contribution < 1.29 is 9.84 Å². The van der Waals surface area contributed by atoms with Crippen LogP contribution in [0.5, 0.6) is 5.75 Å². The molecule has 0 aliphatic carbocycles. The van der Waals surface area contributed by atoms with Crippen LogP contribution in [0, 0.1) is 6.92 Å². The van der Waals surface area contributed by atoms with Gasteiger partial charge in [-0.25, -0.2) is 0 Å². The number of ether oxygens (including phenoxy) is 1.